The zero-order valence-corrected chi connectivity index (χ0v) is 11.8. The van der Waals surface area contributed by atoms with Crippen molar-refractivity contribution in [3.05, 3.63) is 47.1 Å². The summed E-state index contributed by atoms with van der Waals surface area (Å²) in [6.07, 6.45) is 3.38. The van der Waals surface area contributed by atoms with Crippen molar-refractivity contribution >= 4 is 26.7 Å². The number of hydrogen-bond donors (Lipinski definition) is 0. The molecule has 0 unspecified atom stereocenters. The predicted octanol–water partition coefficient (Wildman–Crippen LogP) is 2.70. The lowest BCUT2D eigenvalue weighted by Crippen LogP contribution is -2.01. The van der Waals surface area contributed by atoms with E-state index in [2.05, 4.69) is 31.0 Å². The molecule has 0 aliphatic rings. The summed E-state index contributed by atoms with van der Waals surface area (Å²) in [5.74, 6) is 1.22. The summed E-state index contributed by atoms with van der Waals surface area (Å²) in [7, 11) is 1.82. The van der Waals surface area contributed by atoms with Gasteiger partial charge in [0.15, 0.2) is 12.4 Å². The number of aromatic nitrogens is 4. The molecule has 1 aromatic carbocycles. The van der Waals surface area contributed by atoms with Gasteiger partial charge in [-0.15, -0.1) is 0 Å². The Morgan fingerprint density at radius 2 is 2.00 bits per heavy atom. The number of rotatable bonds is 3. The normalized spacial score (nSPS) is 10.8. The van der Waals surface area contributed by atoms with E-state index in [1.807, 2.05) is 31.3 Å². The predicted molar refractivity (Wildman–Crippen MR) is 74.8 cm³/mol. The highest BCUT2D eigenvalue weighted by Gasteiger charge is 2.08. The molecular formula is C13H11BrN4O. The highest BCUT2D eigenvalue weighted by molar-refractivity contribution is 9.10. The Hall–Kier alpha value is -1.95. The van der Waals surface area contributed by atoms with E-state index in [1.54, 1.807) is 17.2 Å². The van der Waals surface area contributed by atoms with Crippen LogP contribution >= 0.6 is 15.9 Å². The first-order valence-electron chi connectivity index (χ1n) is 5.74. The summed E-state index contributed by atoms with van der Waals surface area (Å²) in [6, 6.07) is 7.95. The van der Waals surface area contributed by atoms with E-state index in [-0.39, 0.29) is 0 Å². The van der Waals surface area contributed by atoms with Gasteiger partial charge in [-0.25, -0.2) is 9.97 Å². The first-order valence-corrected chi connectivity index (χ1v) is 6.54. The second kappa shape index (κ2) is 4.97. The van der Waals surface area contributed by atoms with E-state index >= 15 is 0 Å². The van der Waals surface area contributed by atoms with Gasteiger partial charge in [0.2, 0.25) is 5.88 Å². The van der Waals surface area contributed by atoms with Crippen LogP contribution in [0.2, 0.25) is 0 Å². The maximum atomic E-state index is 5.70. The van der Waals surface area contributed by atoms with Crippen LogP contribution in [0, 0.1) is 0 Å². The van der Waals surface area contributed by atoms with E-state index in [1.165, 1.54) is 0 Å². The molecule has 0 N–H and O–H groups in total. The van der Waals surface area contributed by atoms with Gasteiger partial charge in [0.25, 0.3) is 0 Å². The monoisotopic (exact) mass is 318 g/mol. The minimum atomic E-state index is 0.305. The van der Waals surface area contributed by atoms with Crippen LogP contribution in [0.4, 0.5) is 0 Å². The van der Waals surface area contributed by atoms with Gasteiger partial charge in [0, 0.05) is 28.5 Å². The van der Waals surface area contributed by atoms with Crippen LogP contribution in [0.1, 0.15) is 5.82 Å². The molecule has 0 fully saturated rings. The molecule has 0 aliphatic heterocycles. The van der Waals surface area contributed by atoms with Crippen LogP contribution in [0.5, 0.6) is 5.88 Å². The topological polar surface area (TPSA) is 52.8 Å². The van der Waals surface area contributed by atoms with Crippen LogP contribution in [0.15, 0.2) is 41.3 Å². The number of fused-ring (bicyclic) bond motifs is 1. The van der Waals surface area contributed by atoms with E-state index in [4.69, 9.17) is 4.74 Å². The highest BCUT2D eigenvalue weighted by Crippen LogP contribution is 2.29. The van der Waals surface area contributed by atoms with Gasteiger partial charge in [0.1, 0.15) is 6.33 Å². The minimum Gasteiger partial charge on any atom is -0.469 e. The summed E-state index contributed by atoms with van der Waals surface area (Å²) in [6.45, 7) is 0.305. The van der Waals surface area contributed by atoms with E-state index in [0.29, 0.717) is 18.3 Å². The summed E-state index contributed by atoms with van der Waals surface area (Å²) in [5.41, 5.74) is 0. The molecule has 3 aromatic rings. The van der Waals surface area contributed by atoms with Crippen molar-refractivity contribution in [1.29, 1.82) is 0 Å². The van der Waals surface area contributed by atoms with Gasteiger partial charge in [-0.1, -0.05) is 18.2 Å². The molecule has 2 heterocycles. The molecule has 0 amide bonds. The molecule has 0 radical (unpaired) electrons. The smallest absolute Gasteiger partial charge is 0.221 e. The molecule has 0 spiro atoms. The van der Waals surface area contributed by atoms with E-state index in [9.17, 15) is 0 Å². The Morgan fingerprint density at radius 1 is 1.21 bits per heavy atom. The Bertz CT molecular complexity index is 725. The summed E-state index contributed by atoms with van der Waals surface area (Å²) in [4.78, 5) is 8.42. The zero-order chi connectivity index (χ0) is 13.2. The molecule has 0 saturated carbocycles. The van der Waals surface area contributed by atoms with E-state index < -0.39 is 0 Å². The second-order valence-corrected chi connectivity index (χ2v) is 4.93. The van der Waals surface area contributed by atoms with Crippen molar-refractivity contribution in [2.75, 3.05) is 0 Å². The number of nitrogens with zero attached hydrogens (tertiary/aromatic N) is 4. The average molecular weight is 319 g/mol. The molecule has 0 aliphatic carbocycles. The second-order valence-electron chi connectivity index (χ2n) is 4.08. The third kappa shape index (κ3) is 2.44. The largest absolute Gasteiger partial charge is 0.469 e. The molecular weight excluding hydrogens is 308 g/mol. The Morgan fingerprint density at radius 3 is 2.74 bits per heavy atom. The maximum Gasteiger partial charge on any atom is 0.221 e. The Labute approximate surface area is 118 Å². The summed E-state index contributed by atoms with van der Waals surface area (Å²) < 4.78 is 8.30. The van der Waals surface area contributed by atoms with Crippen molar-refractivity contribution in [2.45, 2.75) is 6.61 Å². The standard InChI is InChI=1S/C13H11BrN4O/c1-18-8-16-12(17-18)7-19-13-10-5-3-2-4-9(10)11(14)6-15-13/h2-6,8H,7H2,1H3. The third-order valence-electron chi connectivity index (χ3n) is 2.69. The van der Waals surface area contributed by atoms with E-state index in [0.717, 1.165) is 15.2 Å². The Kier molecular flexibility index (Phi) is 3.16. The number of ether oxygens (including phenoxy) is 1. The van der Waals surface area contributed by atoms with Gasteiger partial charge in [-0.05, 0) is 22.0 Å². The van der Waals surface area contributed by atoms with Gasteiger partial charge < -0.3 is 4.74 Å². The molecule has 6 heteroatoms. The van der Waals surface area contributed by atoms with Crippen LogP contribution in [0.3, 0.4) is 0 Å². The Balaban J connectivity index is 1.91. The van der Waals surface area contributed by atoms with Crippen molar-refractivity contribution in [2.24, 2.45) is 7.05 Å². The lowest BCUT2D eigenvalue weighted by atomic mass is 10.2. The quantitative estimate of drug-likeness (QED) is 0.745. The molecule has 0 atom stereocenters. The van der Waals surface area contributed by atoms with Crippen molar-refractivity contribution in [3.63, 3.8) is 0 Å². The zero-order valence-electron chi connectivity index (χ0n) is 10.2. The lowest BCUT2D eigenvalue weighted by molar-refractivity contribution is 0.287. The SMILES string of the molecule is Cn1cnc(COc2ncc(Br)c3ccccc23)n1. The molecule has 2 aromatic heterocycles. The molecule has 19 heavy (non-hydrogen) atoms. The number of aryl methyl sites for hydroxylation is 1. The van der Waals surface area contributed by atoms with Gasteiger partial charge >= 0.3 is 0 Å². The molecule has 5 nitrogen and oxygen atoms in total. The third-order valence-corrected chi connectivity index (χ3v) is 3.33. The van der Waals surface area contributed by atoms with Gasteiger partial charge in [0.05, 0.1) is 0 Å². The van der Waals surface area contributed by atoms with Crippen LogP contribution in [-0.4, -0.2) is 19.7 Å². The fourth-order valence-electron chi connectivity index (χ4n) is 1.83. The highest BCUT2D eigenvalue weighted by atomic mass is 79.9. The fourth-order valence-corrected chi connectivity index (χ4v) is 2.28. The van der Waals surface area contributed by atoms with Crippen LogP contribution in [0.25, 0.3) is 10.8 Å². The summed E-state index contributed by atoms with van der Waals surface area (Å²) >= 11 is 3.48. The first kappa shape index (κ1) is 12.1. The fraction of sp³-hybridized carbons (Fsp3) is 0.154. The lowest BCUT2D eigenvalue weighted by Gasteiger charge is -2.07. The molecule has 0 saturated heterocycles. The van der Waals surface area contributed by atoms with Crippen LogP contribution < -0.4 is 4.74 Å². The van der Waals surface area contributed by atoms with Gasteiger partial charge in [-0.2, -0.15) is 5.10 Å². The molecule has 0 bridgehead atoms. The van der Waals surface area contributed by atoms with Crippen LogP contribution in [-0.2, 0) is 13.7 Å². The average Bonchev–Trinajstić information content (AvgIpc) is 2.84. The van der Waals surface area contributed by atoms with Gasteiger partial charge in [-0.3, -0.25) is 4.68 Å². The number of pyridine rings is 1. The van der Waals surface area contributed by atoms with Crippen molar-refractivity contribution in [3.8, 4) is 5.88 Å². The molecule has 3 rings (SSSR count). The number of hydrogen-bond acceptors (Lipinski definition) is 4. The molecule has 96 valence electrons. The number of benzene rings is 1. The van der Waals surface area contributed by atoms with Crippen molar-refractivity contribution in [1.82, 2.24) is 19.7 Å². The summed E-state index contributed by atoms with van der Waals surface area (Å²) in [5, 5.41) is 6.20. The first-order chi connectivity index (χ1) is 9.24. The maximum absolute atomic E-state index is 5.70. The van der Waals surface area contributed by atoms with Crippen molar-refractivity contribution < 1.29 is 4.74 Å². The number of halogens is 1. The minimum absolute atomic E-state index is 0.305.